The normalized spacial score (nSPS) is 13.6. The van der Waals surface area contributed by atoms with E-state index in [2.05, 4.69) is 10.3 Å². The number of primary amides is 1. The van der Waals surface area contributed by atoms with Crippen molar-refractivity contribution in [3.8, 4) is 28.3 Å². The molecule has 230 valence electrons. The van der Waals surface area contributed by atoms with Gasteiger partial charge in [-0.15, -0.1) is 0 Å². The molecular weight excluding hydrogens is 607 g/mol. The number of nitrogens with one attached hydrogen (secondary N) is 1. The molecule has 0 radical (unpaired) electrons. The van der Waals surface area contributed by atoms with Gasteiger partial charge in [0, 0.05) is 43.4 Å². The summed E-state index contributed by atoms with van der Waals surface area (Å²) >= 11 is 12.3. The molecule has 1 aromatic heterocycles. The van der Waals surface area contributed by atoms with Gasteiger partial charge in [-0.3, -0.25) is 14.2 Å². The summed E-state index contributed by atoms with van der Waals surface area (Å²) in [5, 5.41) is 2.97. The average molecular weight is 641 g/mol. The van der Waals surface area contributed by atoms with Gasteiger partial charge in [0.2, 0.25) is 5.91 Å². The highest BCUT2D eigenvalue weighted by Gasteiger charge is 2.28. The summed E-state index contributed by atoms with van der Waals surface area (Å²) < 4.78 is 31.2. The molecule has 1 aliphatic rings. The van der Waals surface area contributed by atoms with Crippen LogP contribution in [-0.4, -0.2) is 46.4 Å². The predicted molar refractivity (Wildman–Crippen MR) is 170 cm³/mol. The lowest BCUT2D eigenvalue weighted by molar-refractivity contribution is -0.130. The second-order valence-electron chi connectivity index (χ2n) is 11.0. The molecule has 1 aliphatic carbocycles. The molecule has 2 amide bonds. The molecule has 1 heterocycles. The summed E-state index contributed by atoms with van der Waals surface area (Å²) in [6.45, 7) is 1.09. The van der Waals surface area contributed by atoms with Crippen molar-refractivity contribution < 1.29 is 18.4 Å². The van der Waals surface area contributed by atoms with E-state index in [1.54, 1.807) is 29.2 Å². The number of nitrogens with two attached hydrogens (primary N) is 1. The quantitative estimate of drug-likeness (QED) is 0.186. The number of halogens is 4. The predicted octanol–water partition coefficient (Wildman–Crippen LogP) is 7.73. The minimum atomic E-state index is -0.875. The van der Waals surface area contributed by atoms with Crippen LogP contribution < -0.4 is 11.1 Å². The summed E-state index contributed by atoms with van der Waals surface area (Å²) in [4.78, 5) is 32.0. The summed E-state index contributed by atoms with van der Waals surface area (Å²) in [5.41, 5.74) is 7.12. The Morgan fingerprint density at radius 1 is 1.02 bits per heavy atom. The van der Waals surface area contributed by atoms with E-state index in [0.29, 0.717) is 29.3 Å². The molecule has 3 aromatic carbocycles. The maximum Gasteiger partial charge on any atom is 0.269 e. The van der Waals surface area contributed by atoms with Crippen molar-refractivity contribution in [3.05, 3.63) is 88.0 Å². The number of anilines is 1. The standard InChI is InChI=1S/C33H33Cl2F2N5O2/c1-41(19-20-8-3-2-4-9-20)28(43)16-17-39-26-12-6-5-10-22(26)33-40-30(32(38)44)31(21-14-15-25(36)24(35)18-21)42(33)27-13-7-11-23(34)29(27)37/h5-7,10-15,18,20,39H,2-4,8-9,16-17,19H2,1H3,(H2,38,44). The Morgan fingerprint density at radius 2 is 1.77 bits per heavy atom. The van der Waals surface area contributed by atoms with Gasteiger partial charge in [0.1, 0.15) is 11.6 Å². The summed E-state index contributed by atoms with van der Waals surface area (Å²) in [5.74, 6) is -1.53. The van der Waals surface area contributed by atoms with Crippen LogP contribution in [-0.2, 0) is 4.79 Å². The molecule has 0 bridgehead atoms. The van der Waals surface area contributed by atoms with E-state index < -0.39 is 17.5 Å². The molecule has 0 aliphatic heterocycles. The van der Waals surface area contributed by atoms with Gasteiger partial charge in [0.15, 0.2) is 11.5 Å². The molecule has 7 nitrogen and oxygen atoms in total. The molecule has 0 unspecified atom stereocenters. The van der Waals surface area contributed by atoms with Crippen molar-refractivity contribution in [2.24, 2.45) is 11.7 Å². The number of hydrogen-bond donors (Lipinski definition) is 2. The molecule has 1 saturated carbocycles. The lowest BCUT2D eigenvalue weighted by atomic mass is 9.89. The molecule has 0 atom stereocenters. The highest BCUT2D eigenvalue weighted by Crippen LogP contribution is 2.38. The van der Waals surface area contributed by atoms with Crippen LogP contribution in [0.5, 0.6) is 0 Å². The number of rotatable bonds is 10. The summed E-state index contributed by atoms with van der Waals surface area (Å²) in [6.07, 6.45) is 6.27. The first-order chi connectivity index (χ1) is 21.2. The van der Waals surface area contributed by atoms with Crippen LogP contribution in [0.2, 0.25) is 10.0 Å². The van der Waals surface area contributed by atoms with Crippen LogP contribution >= 0.6 is 23.2 Å². The topological polar surface area (TPSA) is 93.2 Å². The average Bonchev–Trinajstić information content (AvgIpc) is 3.41. The number of nitrogens with zero attached hydrogens (tertiary/aromatic N) is 3. The fourth-order valence-corrected chi connectivity index (χ4v) is 6.12. The Labute approximate surface area is 265 Å². The van der Waals surface area contributed by atoms with Crippen LogP contribution in [0.4, 0.5) is 14.5 Å². The zero-order chi connectivity index (χ0) is 31.4. The van der Waals surface area contributed by atoms with E-state index in [-0.39, 0.29) is 45.3 Å². The molecule has 11 heteroatoms. The zero-order valence-electron chi connectivity index (χ0n) is 24.3. The van der Waals surface area contributed by atoms with Crippen LogP contribution in [0.3, 0.4) is 0 Å². The SMILES string of the molecule is CN(CC1CCCCC1)C(=O)CCNc1ccccc1-c1nc(C(N)=O)c(-c2ccc(F)c(Cl)c2)n1-c1cccc(Cl)c1F. The number of carbonyl (C=O) groups excluding carboxylic acids is 2. The summed E-state index contributed by atoms with van der Waals surface area (Å²) in [7, 11) is 1.84. The maximum absolute atomic E-state index is 15.6. The van der Waals surface area contributed by atoms with Crippen molar-refractivity contribution in [2.75, 3.05) is 25.5 Å². The number of imidazole rings is 1. The van der Waals surface area contributed by atoms with E-state index >= 15 is 4.39 Å². The third-order valence-corrected chi connectivity index (χ3v) is 8.56. The first-order valence-corrected chi connectivity index (χ1v) is 15.3. The monoisotopic (exact) mass is 639 g/mol. The van der Waals surface area contributed by atoms with Crippen molar-refractivity contribution in [1.29, 1.82) is 0 Å². The molecule has 5 rings (SSSR count). The number of hydrogen-bond acceptors (Lipinski definition) is 4. The lowest BCUT2D eigenvalue weighted by Crippen LogP contribution is -2.33. The van der Waals surface area contributed by atoms with Crippen LogP contribution in [0, 0.1) is 17.6 Å². The zero-order valence-corrected chi connectivity index (χ0v) is 25.8. The number of amides is 2. The Hall–Kier alpha value is -3.95. The highest BCUT2D eigenvalue weighted by atomic mass is 35.5. The number of para-hydroxylation sites is 1. The number of benzene rings is 3. The Balaban J connectivity index is 1.53. The van der Waals surface area contributed by atoms with Gasteiger partial charge in [-0.2, -0.15) is 0 Å². The number of aromatic nitrogens is 2. The fourth-order valence-electron chi connectivity index (χ4n) is 5.77. The molecule has 1 fully saturated rings. The van der Waals surface area contributed by atoms with E-state index in [0.717, 1.165) is 25.5 Å². The van der Waals surface area contributed by atoms with Crippen LogP contribution in [0.25, 0.3) is 28.3 Å². The first-order valence-electron chi connectivity index (χ1n) is 14.5. The molecular formula is C33H33Cl2F2N5O2. The maximum atomic E-state index is 15.6. The molecule has 44 heavy (non-hydrogen) atoms. The van der Waals surface area contributed by atoms with Crippen molar-refractivity contribution in [1.82, 2.24) is 14.5 Å². The van der Waals surface area contributed by atoms with Gasteiger partial charge in [-0.25, -0.2) is 13.8 Å². The van der Waals surface area contributed by atoms with Crippen LogP contribution in [0.15, 0.2) is 60.7 Å². The van der Waals surface area contributed by atoms with Gasteiger partial charge >= 0.3 is 0 Å². The van der Waals surface area contributed by atoms with E-state index in [4.69, 9.17) is 28.9 Å². The summed E-state index contributed by atoms with van der Waals surface area (Å²) in [6, 6.07) is 15.5. The van der Waals surface area contributed by atoms with Gasteiger partial charge in [0.25, 0.3) is 5.91 Å². The lowest BCUT2D eigenvalue weighted by Gasteiger charge is -2.27. The first kappa shape index (κ1) is 31.5. The molecule has 0 saturated heterocycles. The van der Waals surface area contributed by atoms with E-state index in [9.17, 15) is 14.0 Å². The minimum Gasteiger partial charge on any atom is -0.384 e. The van der Waals surface area contributed by atoms with Crippen molar-refractivity contribution in [2.45, 2.75) is 38.5 Å². The number of carbonyl (C=O) groups is 2. The third kappa shape index (κ3) is 6.74. The van der Waals surface area contributed by atoms with Crippen molar-refractivity contribution >= 4 is 40.7 Å². The second kappa shape index (κ2) is 13.8. The van der Waals surface area contributed by atoms with Gasteiger partial charge in [0.05, 0.1) is 21.4 Å². The third-order valence-electron chi connectivity index (χ3n) is 7.98. The van der Waals surface area contributed by atoms with E-state index in [1.165, 1.54) is 48.1 Å². The van der Waals surface area contributed by atoms with Crippen molar-refractivity contribution in [3.63, 3.8) is 0 Å². The molecule has 4 aromatic rings. The fraction of sp³-hybridized carbons (Fsp3) is 0.303. The minimum absolute atomic E-state index is 0.00253. The Bertz CT molecular complexity index is 1690. The molecule has 3 N–H and O–H groups in total. The van der Waals surface area contributed by atoms with Gasteiger partial charge in [-0.05, 0) is 61.2 Å². The second-order valence-corrected chi connectivity index (χ2v) is 11.8. The smallest absolute Gasteiger partial charge is 0.269 e. The van der Waals surface area contributed by atoms with Gasteiger partial charge < -0.3 is 16.0 Å². The largest absolute Gasteiger partial charge is 0.384 e. The Morgan fingerprint density at radius 3 is 2.50 bits per heavy atom. The highest BCUT2D eigenvalue weighted by molar-refractivity contribution is 6.31. The van der Waals surface area contributed by atoms with Crippen LogP contribution in [0.1, 0.15) is 49.0 Å². The molecule has 0 spiro atoms. The Kier molecular flexibility index (Phi) is 9.86. The van der Waals surface area contributed by atoms with E-state index in [1.807, 2.05) is 13.1 Å². The van der Waals surface area contributed by atoms with Gasteiger partial charge in [-0.1, -0.05) is 60.7 Å².